The molecule has 4 aromatic rings. The lowest BCUT2D eigenvalue weighted by molar-refractivity contribution is -0.138. The summed E-state index contributed by atoms with van der Waals surface area (Å²) in [4.78, 5) is 32.3. The quantitative estimate of drug-likeness (QED) is 0.316. The molecule has 2 atom stereocenters. The number of hydrogen-bond acceptors (Lipinski definition) is 7. The second-order valence-corrected chi connectivity index (χ2v) is 8.60. The topological polar surface area (TPSA) is 115 Å². The van der Waals surface area contributed by atoms with Crippen LogP contribution in [-0.4, -0.2) is 44.1 Å². The average Bonchev–Trinajstić information content (AvgIpc) is 2.87. The first-order valence-corrected chi connectivity index (χ1v) is 11.3. The molecule has 39 heavy (non-hydrogen) atoms. The lowest BCUT2D eigenvalue weighted by Crippen LogP contribution is -2.30. The Morgan fingerprint density at radius 1 is 1.13 bits per heavy atom. The van der Waals surface area contributed by atoms with Gasteiger partial charge in [-0.15, -0.1) is 0 Å². The third kappa shape index (κ3) is 5.71. The highest BCUT2D eigenvalue weighted by molar-refractivity contribution is 5.86. The molecule has 2 N–H and O–H groups in total. The molecule has 0 bridgehead atoms. The molecule has 0 aliphatic carbocycles. The van der Waals surface area contributed by atoms with E-state index < -0.39 is 64.3 Å². The Balaban J connectivity index is 1.55. The molecule has 0 aliphatic heterocycles. The third-order valence-corrected chi connectivity index (χ3v) is 5.80. The van der Waals surface area contributed by atoms with E-state index in [4.69, 9.17) is 4.74 Å². The van der Waals surface area contributed by atoms with Crippen molar-refractivity contribution >= 4 is 16.5 Å². The fourth-order valence-corrected chi connectivity index (χ4v) is 4.03. The highest BCUT2D eigenvalue weighted by Gasteiger charge is 2.37. The SMILES string of the molecule is COc1cnc(-c2cc3ccn(C[C@@H](F)C[C@@H](C)Nc4cn[nH]c(=O)c4C(F)(F)F)c(=O)c3c(F)c2F)nc1. The number of ether oxygens (including phenoxy) is 1. The van der Waals surface area contributed by atoms with E-state index in [9.17, 15) is 35.9 Å². The molecular formula is C24H20F6N6O3. The van der Waals surface area contributed by atoms with Crippen molar-refractivity contribution in [2.24, 2.45) is 0 Å². The van der Waals surface area contributed by atoms with Crippen LogP contribution in [0.5, 0.6) is 5.75 Å². The Bertz CT molecular complexity index is 1620. The maximum atomic E-state index is 15.0. The smallest absolute Gasteiger partial charge is 0.423 e. The van der Waals surface area contributed by atoms with Crippen LogP contribution in [0.2, 0.25) is 0 Å². The number of aromatic amines is 1. The predicted molar refractivity (Wildman–Crippen MR) is 128 cm³/mol. The van der Waals surface area contributed by atoms with Crippen LogP contribution in [0, 0.1) is 11.6 Å². The standard InChI is InChI=1S/C24H20F6N6O3/c1-11(34-16-9-33-35-22(37)18(16)24(28,29)30)5-13(25)10-36-4-3-12-6-15(19(26)20(27)17(12)23(36)38)21-31-7-14(39-2)8-32-21/h3-4,6-9,11,13H,5,10H2,1-2H3,(H2,34,35,37)/t11-,13+/m1/s1. The average molecular weight is 554 g/mol. The minimum atomic E-state index is -4.98. The normalized spacial score (nSPS) is 13.3. The van der Waals surface area contributed by atoms with E-state index >= 15 is 0 Å². The van der Waals surface area contributed by atoms with Crippen molar-refractivity contribution in [2.45, 2.75) is 38.3 Å². The van der Waals surface area contributed by atoms with Gasteiger partial charge < -0.3 is 14.6 Å². The van der Waals surface area contributed by atoms with Gasteiger partial charge in [-0.25, -0.2) is 28.2 Å². The first-order chi connectivity index (χ1) is 18.4. The summed E-state index contributed by atoms with van der Waals surface area (Å²) in [6.07, 6.45) is -2.70. The van der Waals surface area contributed by atoms with E-state index in [1.807, 2.05) is 0 Å². The van der Waals surface area contributed by atoms with Gasteiger partial charge in [-0.2, -0.15) is 18.3 Å². The monoisotopic (exact) mass is 554 g/mol. The molecule has 0 radical (unpaired) electrons. The van der Waals surface area contributed by atoms with Gasteiger partial charge in [0.1, 0.15) is 11.7 Å². The Morgan fingerprint density at radius 3 is 2.46 bits per heavy atom. The van der Waals surface area contributed by atoms with Gasteiger partial charge in [0.15, 0.2) is 23.2 Å². The maximum absolute atomic E-state index is 15.0. The molecule has 3 heterocycles. The molecule has 4 rings (SSSR count). The van der Waals surface area contributed by atoms with Crippen molar-refractivity contribution in [3.05, 3.63) is 74.8 Å². The number of alkyl halides is 4. The van der Waals surface area contributed by atoms with Crippen LogP contribution in [0.15, 0.2) is 46.5 Å². The number of nitrogens with one attached hydrogen (secondary N) is 2. The second kappa shape index (κ2) is 10.7. The van der Waals surface area contributed by atoms with Gasteiger partial charge in [-0.05, 0) is 24.4 Å². The zero-order valence-electron chi connectivity index (χ0n) is 20.3. The van der Waals surface area contributed by atoms with E-state index in [1.54, 1.807) is 5.10 Å². The van der Waals surface area contributed by atoms with Crippen molar-refractivity contribution in [3.63, 3.8) is 0 Å². The van der Waals surface area contributed by atoms with Crippen molar-refractivity contribution < 1.29 is 31.1 Å². The number of nitrogens with zero attached hydrogens (tertiary/aromatic N) is 4. The Morgan fingerprint density at radius 2 is 1.82 bits per heavy atom. The second-order valence-electron chi connectivity index (χ2n) is 8.60. The van der Waals surface area contributed by atoms with E-state index in [1.165, 1.54) is 44.8 Å². The summed E-state index contributed by atoms with van der Waals surface area (Å²) >= 11 is 0. The zero-order chi connectivity index (χ0) is 28.5. The maximum Gasteiger partial charge on any atom is 0.423 e. The molecule has 206 valence electrons. The van der Waals surface area contributed by atoms with E-state index in [0.29, 0.717) is 5.75 Å². The van der Waals surface area contributed by atoms with Gasteiger partial charge in [0, 0.05) is 18.7 Å². The number of methoxy groups -OCH3 is 1. The van der Waals surface area contributed by atoms with Gasteiger partial charge in [0.2, 0.25) is 0 Å². The zero-order valence-corrected chi connectivity index (χ0v) is 20.3. The fourth-order valence-electron chi connectivity index (χ4n) is 4.03. The summed E-state index contributed by atoms with van der Waals surface area (Å²) in [5, 5.41) is 6.84. The van der Waals surface area contributed by atoms with Crippen LogP contribution in [0.25, 0.3) is 22.2 Å². The van der Waals surface area contributed by atoms with E-state index in [0.717, 1.165) is 10.8 Å². The summed E-state index contributed by atoms with van der Waals surface area (Å²) in [6.45, 7) is 0.778. The van der Waals surface area contributed by atoms with Crippen molar-refractivity contribution in [2.75, 3.05) is 12.4 Å². The number of hydrogen-bond donors (Lipinski definition) is 2. The van der Waals surface area contributed by atoms with Gasteiger partial charge in [-0.1, -0.05) is 0 Å². The molecule has 0 amide bonds. The van der Waals surface area contributed by atoms with Crippen molar-refractivity contribution in [1.82, 2.24) is 24.7 Å². The summed E-state index contributed by atoms with van der Waals surface area (Å²) in [7, 11) is 1.38. The number of halogens is 6. The fraction of sp³-hybridized carbons (Fsp3) is 0.292. The Labute approximate surface area is 215 Å². The molecule has 9 nitrogen and oxygen atoms in total. The molecule has 15 heteroatoms. The number of fused-ring (bicyclic) bond motifs is 1. The van der Waals surface area contributed by atoms with Crippen LogP contribution >= 0.6 is 0 Å². The third-order valence-electron chi connectivity index (χ3n) is 5.80. The lowest BCUT2D eigenvalue weighted by atomic mass is 10.1. The van der Waals surface area contributed by atoms with Gasteiger partial charge in [-0.3, -0.25) is 9.59 Å². The first kappa shape index (κ1) is 27.6. The minimum Gasteiger partial charge on any atom is -0.494 e. The summed E-state index contributed by atoms with van der Waals surface area (Å²) in [6, 6.07) is 1.55. The minimum absolute atomic E-state index is 0.0245. The Hall–Kier alpha value is -4.43. The van der Waals surface area contributed by atoms with Crippen molar-refractivity contribution in [3.8, 4) is 17.1 Å². The molecular weight excluding hydrogens is 534 g/mol. The highest BCUT2D eigenvalue weighted by Crippen LogP contribution is 2.32. The number of aromatic nitrogens is 5. The summed E-state index contributed by atoms with van der Waals surface area (Å²) in [5.74, 6) is -2.69. The molecule has 0 saturated carbocycles. The molecule has 0 spiro atoms. The van der Waals surface area contributed by atoms with Crippen LogP contribution < -0.4 is 21.2 Å². The predicted octanol–water partition coefficient (Wildman–Crippen LogP) is 4.08. The number of H-pyrrole nitrogens is 1. The molecule has 0 fully saturated rings. The molecule has 1 aromatic carbocycles. The number of anilines is 1. The summed E-state index contributed by atoms with van der Waals surface area (Å²) < 4.78 is 90.2. The summed E-state index contributed by atoms with van der Waals surface area (Å²) in [5.41, 5.74) is -4.91. The Kier molecular flexibility index (Phi) is 7.60. The van der Waals surface area contributed by atoms with Crippen LogP contribution in [-0.2, 0) is 12.7 Å². The molecule has 0 aliphatic rings. The van der Waals surface area contributed by atoms with Crippen molar-refractivity contribution in [1.29, 1.82) is 0 Å². The van der Waals surface area contributed by atoms with Gasteiger partial charge in [0.05, 0.1) is 48.9 Å². The highest BCUT2D eigenvalue weighted by atomic mass is 19.4. The van der Waals surface area contributed by atoms with E-state index in [-0.39, 0.29) is 23.2 Å². The van der Waals surface area contributed by atoms with Crippen LogP contribution in [0.3, 0.4) is 0 Å². The largest absolute Gasteiger partial charge is 0.494 e. The van der Waals surface area contributed by atoms with Gasteiger partial charge in [0.25, 0.3) is 11.1 Å². The molecule has 0 unspecified atom stereocenters. The number of benzene rings is 1. The lowest BCUT2D eigenvalue weighted by Gasteiger charge is -2.20. The molecule has 0 saturated heterocycles. The number of pyridine rings is 1. The van der Waals surface area contributed by atoms with Gasteiger partial charge >= 0.3 is 6.18 Å². The van der Waals surface area contributed by atoms with Crippen LogP contribution in [0.1, 0.15) is 18.9 Å². The number of rotatable bonds is 8. The first-order valence-electron chi connectivity index (χ1n) is 11.3. The van der Waals surface area contributed by atoms with Crippen LogP contribution in [0.4, 0.5) is 32.0 Å². The molecule has 3 aromatic heterocycles. The van der Waals surface area contributed by atoms with E-state index in [2.05, 4.69) is 20.4 Å².